The predicted octanol–water partition coefficient (Wildman–Crippen LogP) is 2.61. The van der Waals surface area contributed by atoms with E-state index in [9.17, 15) is 0 Å². The van der Waals surface area contributed by atoms with Crippen molar-refractivity contribution in [3.8, 4) is 11.1 Å². The fourth-order valence-electron chi connectivity index (χ4n) is 2.72. The summed E-state index contributed by atoms with van der Waals surface area (Å²) in [6.45, 7) is -0.0811. The Morgan fingerprint density at radius 2 is 2.14 bits per heavy atom. The number of imidazole rings is 1. The number of aromatic nitrogens is 4. The summed E-state index contributed by atoms with van der Waals surface area (Å²) in [6.07, 6.45) is 3.84. The summed E-state index contributed by atoms with van der Waals surface area (Å²) in [6, 6.07) is 10.2. The highest BCUT2D eigenvalue weighted by Gasteiger charge is 2.09. The van der Waals surface area contributed by atoms with Crippen molar-refractivity contribution in [2.45, 2.75) is 6.61 Å². The Labute approximate surface area is 120 Å². The Balaban J connectivity index is 1.95. The van der Waals surface area contributed by atoms with Crippen LogP contribution in [-0.2, 0) is 13.7 Å². The van der Waals surface area contributed by atoms with Crippen LogP contribution in [-0.4, -0.2) is 24.6 Å². The molecule has 0 saturated carbocycles. The lowest BCUT2D eigenvalue weighted by Gasteiger charge is -2.04. The van der Waals surface area contributed by atoms with E-state index >= 15 is 0 Å². The van der Waals surface area contributed by atoms with E-state index in [1.54, 1.807) is 0 Å². The highest BCUT2D eigenvalue weighted by Crippen LogP contribution is 2.29. The molecule has 0 atom stereocenters. The first kappa shape index (κ1) is 12.1. The first-order valence-electron chi connectivity index (χ1n) is 6.76. The second-order valence-corrected chi connectivity index (χ2v) is 5.10. The van der Waals surface area contributed by atoms with Gasteiger partial charge in [0.05, 0.1) is 11.0 Å². The molecule has 0 fully saturated rings. The molecule has 0 unspecified atom stereocenters. The number of aliphatic hydroxyl groups is 1. The Hall–Kier alpha value is -2.66. The predicted molar refractivity (Wildman–Crippen MR) is 81.7 cm³/mol. The summed E-state index contributed by atoms with van der Waals surface area (Å²) in [5.74, 6) is 0.585. The van der Waals surface area contributed by atoms with E-state index in [2.05, 4.69) is 27.1 Å². The number of nitrogens with zero attached hydrogens (tertiary/aromatic N) is 3. The lowest BCUT2D eigenvalue weighted by Crippen LogP contribution is -1.88. The standard InChI is InChI=1S/C16H14N4O/c1-20-7-5-12-11(4-6-17-16(12)20)10-2-3-13-14(8-10)19-15(9-21)18-13/h2-8,21H,9H2,1H3,(H,18,19). The molecule has 5 nitrogen and oxygen atoms in total. The molecular formula is C16H14N4O. The smallest absolute Gasteiger partial charge is 0.140 e. The van der Waals surface area contributed by atoms with E-state index in [0.717, 1.165) is 33.2 Å². The molecule has 104 valence electrons. The maximum Gasteiger partial charge on any atom is 0.140 e. The number of hydrogen-bond acceptors (Lipinski definition) is 3. The van der Waals surface area contributed by atoms with Gasteiger partial charge in [-0.2, -0.15) is 0 Å². The first-order valence-corrected chi connectivity index (χ1v) is 6.76. The zero-order valence-corrected chi connectivity index (χ0v) is 11.5. The highest BCUT2D eigenvalue weighted by atomic mass is 16.3. The summed E-state index contributed by atoms with van der Waals surface area (Å²) >= 11 is 0. The third kappa shape index (κ3) is 1.82. The quantitative estimate of drug-likeness (QED) is 0.592. The van der Waals surface area contributed by atoms with Crippen molar-refractivity contribution in [2.24, 2.45) is 7.05 Å². The molecule has 2 N–H and O–H groups in total. The number of aliphatic hydroxyl groups excluding tert-OH is 1. The van der Waals surface area contributed by atoms with Gasteiger partial charge >= 0.3 is 0 Å². The largest absolute Gasteiger partial charge is 0.388 e. The fourth-order valence-corrected chi connectivity index (χ4v) is 2.72. The molecule has 0 aliphatic carbocycles. The number of rotatable bonds is 2. The Morgan fingerprint density at radius 3 is 3.00 bits per heavy atom. The molecule has 1 aromatic carbocycles. The molecule has 21 heavy (non-hydrogen) atoms. The first-order chi connectivity index (χ1) is 10.3. The molecule has 0 spiro atoms. The summed E-state index contributed by atoms with van der Waals surface area (Å²) in [5.41, 5.74) is 5.00. The van der Waals surface area contributed by atoms with Gasteiger partial charge in [0.25, 0.3) is 0 Å². The molecule has 4 aromatic rings. The summed E-state index contributed by atoms with van der Waals surface area (Å²) in [5, 5.41) is 10.3. The normalized spacial score (nSPS) is 11.5. The summed E-state index contributed by atoms with van der Waals surface area (Å²) < 4.78 is 2.01. The van der Waals surface area contributed by atoms with E-state index < -0.39 is 0 Å². The van der Waals surface area contributed by atoms with Crippen LogP contribution in [0.15, 0.2) is 42.7 Å². The maximum absolute atomic E-state index is 9.16. The van der Waals surface area contributed by atoms with Crippen molar-refractivity contribution < 1.29 is 5.11 Å². The molecular weight excluding hydrogens is 264 g/mol. The second-order valence-electron chi connectivity index (χ2n) is 5.10. The molecule has 0 bridgehead atoms. The van der Waals surface area contributed by atoms with Crippen LogP contribution in [0.1, 0.15) is 5.82 Å². The van der Waals surface area contributed by atoms with E-state index in [1.165, 1.54) is 0 Å². The van der Waals surface area contributed by atoms with Crippen molar-refractivity contribution in [1.82, 2.24) is 19.5 Å². The summed E-state index contributed by atoms with van der Waals surface area (Å²) in [7, 11) is 1.99. The van der Waals surface area contributed by atoms with E-state index in [0.29, 0.717) is 5.82 Å². The number of nitrogens with one attached hydrogen (secondary N) is 1. The van der Waals surface area contributed by atoms with Crippen LogP contribution < -0.4 is 0 Å². The topological polar surface area (TPSA) is 66.7 Å². The Kier molecular flexibility index (Phi) is 2.55. The monoisotopic (exact) mass is 278 g/mol. The number of aryl methyl sites for hydroxylation is 1. The minimum absolute atomic E-state index is 0.0811. The van der Waals surface area contributed by atoms with Crippen LogP contribution in [0.25, 0.3) is 33.2 Å². The molecule has 3 heterocycles. The fraction of sp³-hybridized carbons (Fsp3) is 0.125. The van der Waals surface area contributed by atoms with Crippen molar-refractivity contribution >= 4 is 22.1 Å². The second kappa shape index (κ2) is 4.43. The Bertz CT molecular complexity index is 951. The number of hydrogen-bond donors (Lipinski definition) is 2. The van der Waals surface area contributed by atoms with Gasteiger partial charge in [-0.3, -0.25) is 0 Å². The number of pyridine rings is 1. The van der Waals surface area contributed by atoms with Crippen LogP contribution in [0.3, 0.4) is 0 Å². The molecule has 3 aromatic heterocycles. The summed E-state index contributed by atoms with van der Waals surface area (Å²) in [4.78, 5) is 11.9. The number of H-pyrrole nitrogens is 1. The van der Waals surface area contributed by atoms with Gasteiger partial charge in [-0.15, -0.1) is 0 Å². The van der Waals surface area contributed by atoms with E-state index in [-0.39, 0.29) is 6.61 Å². The van der Waals surface area contributed by atoms with E-state index in [1.807, 2.05) is 42.2 Å². The molecule has 0 amide bonds. The zero-order chi connectivity index (χ0) is 14.4. The molecule has 0 radical (unpaired) electrons. The van der Waals surface area contributed by atoms with Gasteiger partial charge in [0.2, 0.25) is 0 Å². The minimum Gasteiger partial charge on any atom is -0.388 e. The van der Waals surface area contributed by atoms with Gasteiger partial charge < -0.3 is 14.7 Å². The van der Waals surface area contributed by atoms with Crippen LogP contribution in [0, 0.1) is 0 Å². The maximum atomic E-state index is 9.16. The van der Waals surface area contributed by atoms with Crippen molar-refractivity contribution in [3.63, 3.8) is 0 Å². The van der Waals surface area contributed by atoms with Gasteiger partial charge in [0, 0.05) is 24.8 Å². The lowest BCUT2D eigenvalue weighted by molar-refractivity contribution is 0.273. The van der Waals surface area contributed by atoms with Gasteiger partial charge in [-0.05, 0) is 35.4 Å². The SMILES string of the molecule is Cn1ccc2c(-c3ccc4nc(CO)[nH]c4c3)ccnc21. The number of aromatic amines is 1. The van der Waals surface area contributed by atoms with Crippen LogP contribution in [0.2, 0.25) is 0 Å². The minimum atomic E-state index is -0.0811. The van der Waals surface area contributed by atoms with Gasteiger partial charge in [0.1, 0.15) is 18.1 Å². The molecule has 5 heteroatoms. The van der Waals surface area contributed by atoms with Gasteiger partial charge in [0.15, 0.2) is 0 Å². The Morgan fingerprint density at radius 1 is 1.24 bits per heavy atom. The average molecular weight is 278 g/mol. The molecule has 0 saturated heterocycles. The molecule has 4 rings (SSSR count). The lowest BCUT2D eigenvalue weighted by atomic mass is 10.0. The average Bonchev–Trinajstić information content (AvgIpc) is 3.10. The van der Waals surface area contributed by atoms with Crippen LogP contribution in [0.5, 0.6) is 0 Å². The third-order valence-electron chi connectivity index (χ3n) is 3.76. The van der Waals surface area contributed by atoms with Crippen molar-refractivity contribution in [3.05, 3.63) is 48.5 Å². The third-order valence-corrected chi connectivity index (χ3v) is 3.76. The molecule has 0 aliphatic heterocycles. The highest BCUT2D eigenvalue weighted by molar-refractivity contribution is 5.95. The molecule has 0 aliphatic rings. The number of fused-ring (bicyclic) bond motifs is 2. The van der Waals surface area contributed by atoms with Crippen LogP contribution >= 0.6 is 0 Å². The van der Waals surface area contributed by atoms with Crippen molar-refractivity contribution in [1.29, 1.82) is 0 Å². The van der Waals surface area contributed by atoms with Crippen molar-refractivity contribution in [2.75, 3.05) is 0 Å². The van der Waals surface area contributed by atoms with Crippen LogP contribution in [0.4, 0.5) is 0 Å². The van der Waals surface area contributed by atoms with Gasteiger partial charge in [-0.25, -0.2) is 9.97 Å². The number of benzene rings is 1. The van der Waals surface area contributed by atoms with Gasteiger partial charge in [-0.1, -0.05) is 6.07 Å². The zero-order valence-electron chi connectivity index (χ0n) is 11.5. The van der Waals surface area contributed by atoms with E-state index in [4.69, 9.17) is 5.11 Å².